The number of carbonyl (C=O) groups excluding carboxylic acids is 10. The van der Waals surface area contributed by atoms with Crippen LogP contribution in [0.4, 0.5) is 22.7 Å². The number of nitrogens with zero attached hydrogens (tertiary/aromatic N) is 4. The zero-order valence-corrected chi connectivity index (χ0v) is 79.8. The van der Waals surface area contributed by atoms with Crippen LogP contribution >= 0.6 is 0 Å². The second kappa shape index (κ2) is 40.3. The zero-order valence-electron chi connectivity index (χ0n) is 79.8. The Hall–Kier alpha value is -18.2. The number of nitro groups is 2. The van der Waals surface area contributed by atoms with Crippen molar-refractivity contribution in [3.63, 3.8) is 0 Å². The highest BCUT2D eigenvalue weighted by Crippen LogP contribution is 2.46. The molecule has 0 radical (unpaired) electrons. The molecule has 2 heterocycles. The minimum absolute atomic E-state index is 0.00350. The molecule has 30 nitrogen and oxygen atoms in total. The molecule has 2 aliphatic heterocycles. The highest BCUT2D eigenvalue weighted by molar-refractivity contribution is 6.36. The van der Waals surface area contributed by atoms with Crippen LogP contribution < -0.4 is 38.2 Å². The topological polar surface area (TPSA) is 418 Å². The van der Waals surface area contributed by atoms with Gasteiger partial charge in [0, 0.05) is 80.9 Å². The molecule has 0 bridgehead atoms. The third kappa shape index (κ3) is 20.1. The molecule has 0 atom stereocenters. The lowest BCUT2D eigenvalue weighted by atomic mass is 9.76. The number of anilines is 2. The van der Waals surface area contributed by atoms with Gasteiger partial charge in [0.05, 0.1) is 106 Å². The first kappa shape index (κ1) is 98.8. The van der Waals surface area contributed by atoms with Crippen LogP contribution in [0.5, 0.6) is 69.0 Å². The molecule has 0 aliphatic carbocycles. The van der Waals surface area contributed by atoms with Crippen LogP contribution in [0.15, 0.2) is 273 Å². The highest BCUT2D eigenvalue weighted by atomic mass is 16.6. The second-order valence-corrected chi connectivity index (χ2v) is 36.3. The smallest absolute Gasteiger partial charge is 0.338 e. The number of hydrogen-bond acceptors (Lipinski definition) is 26. The van der Waals surface area contributed by atoms with E-state index in [0.717, 1.165) is 55.3 Å². The summed E-state index contributed by atoms with van der Waals surface area (Å²) in [5.74, 6) is -4.45. The first-order valence-corrected chi connectivity index (χ1v) is 45.3. The number of carbonyl (C=O) groups is 10. The number of ketones is 4. The highest BCUT2D eigenvalue weighted by Gasteiger charge is 2.42. The predicted molar refractivity (Wildman–Crippen MR) is 530 cm³/mol. The maximum atomic E-state index is 14.1. The van der Waals surface area contributed by atoms with Crippen molar-refractivity contribution in [2.45, 2.75) is 104 Å². The maximum Gasteiger partial charge on any atom is 0.338 e. The number of hydrogen-bond donors (Lipinski definition) is 4. The Labute approximate surface area is 825 Å². The van der Waals surface area contributed by atoms with Gasteiger partial charge in [-0.2, -0.15) is 0 Å². The van der Waals surface area contributed by atoms with Gasteiger partial charge in [0.1, 0.15) is 59.2 Å². The number of Topliss-reactive ketones (excluding diaryl/α,β-unsaturated/α-hetero) is 4. The number of benzene rings is 14. The van der Waals surface area contributed by atoms with Crippen molar-refractivity contribution in [1.82, 2.24) is 0 Å². The molecular formula is C114H94N4O26. The van der Waals surface area contributed by atoms with Gasteiger partial charge < -0.3 is 58.3 Å². The van der Waals surface area contributed by atoms with Gasteiger partial charge >= 0.3 is 11.9 Å². The van der Waals surface area contributed by atoms with Crippen LogP contribution in [0.25, 0.3) is 0 Å². The summed E-state index contributed by atoms with van der Waals surface area (Å²) in [6, 6.07) is 70.8. The zero-order chi connectivity index (χ0) is 103. The second-order valence-electron chi connectivity index (χ2n) is 36.3. The van der Waals surface area contributed by atoms with Gasteiger partial charge in [0.15, 0.2) is 46.1 Å². The van der Waals surface area contributed by atoms with E-state index < -0.39 is 86.3 Å². The van der Waals surface area contributed by atoms with Crippen LogP contribution in [0, 0.1) is 27.2 Å². The monoisotopic (exact) mass is 1930 g/mol. The quantitative estimate of drug-likeness (QED) is 0.00931. The lowest BCUT2D eigenvalue weighted by Gasteiger charge is -2.28. The minimum Gasteiger partial charge on any atom is -0.508 e. The van der Waals surface area contributed by atoms with Crippen molar-refractivity contribution >= 4 is 81.4 Å². The Bertz CT molecular complexity index is 7630. The molecule has 726 valence electrons. The molecule has 30 heteroatoms. The molecule has 14 aromatic carbocycles. The maximum absolute atomic E-state index is 14.1. The van der Waals surface area contributed by atoms with Gasteiger partial charge in [-0.25, -0.2) is 19.4 Å². The van der Waals surface area contributed by atoms with E-state index in [1.165, 1.54) is 107 Å². The molecule has 2 aliphatic rings. The molecule has 16 rings (SSSR count). The summed E-state index contributed by atoms with van der Waals surface area (Å²) >= 11 is 0. The van der Waals surface area contributed by atoms with Crippen molar-refractivity contribution < 1.29 is 116 Å². The number of fused-ring (bicyclic) bond motifs is 2. The third-order valence-corrected chi connectivity index (χ3v) is 26.3. The molecule has 0 aromatic heterocycles. The van der Waals surface area contributed by atoms with Crippen molar-refractivity contribution in [3.05, 3.63) is 421 Å². The van der Waals surface area contributed by atoms with Gasteiger partial charge in [-0.15, -0.1) is 0 Å². The molecule has 0 saturated carbocycles. The lowest BCUT2D eigenvalue weighted by molar-refractivity contribution is -0.386. The van der Waals surface area contributed by atoms with Crippen molar-refractivity contribution in [3.8, 4) is 69.0 Å². The van der Waals surface area contributed by atoms with E-state index in [-0.39, 0.29) is 151 Å². The number of nitro benzene ring substituents is 2. The van der Waals surface area contributed by atoms with Crippen LogP contribution in [0.3, 0.4) is 0 Å². The number of methoxy groups -OCH3 is 4. The van der Waals surface area contributed by atoms with Crippen molar-refractivity contribution in [2.75, 3.05) is 38.2 Å². The van der Waals surface area contributed by atoms with Crippen LogP contribution in [0.2, 0.25) is 0 Å². The number of ether oxygens (including phenoxy) is 8. The Kier molecular flexibility index (Phi) is 27.7. The molecule has 144 heavy (non-hydrogen) atoms. The number of rotatable bonds is 36. The van der Waals surface area contributed by atoms with E-state index in [1.54, 1.807) is 158 Å². The summed E-state index contributed by atoms with van der Waals surface area (Å²) in [4.78, 5) is 163. The van der Waals surface area contributed by atoms with E-state index in [1.807, 2.05) is 72.7 Å². The Morgan fingerprint density at radius 2 is 0.611 bits per heavy atom. The summed E-state index contributed by atoms with van der Waals surface area (Å²) in [6.45, 7) is 12.4. The molecule has 4 N–H and O–H groups in total. The predicted octanol–water partition coefficient (Wildman–Crippen LogP) is 21.2. The summed E-state index contributed by atoms with van der Waals surface area (Å²) < 4.78 is 44.1. The molecule has 4 amide bonds. The van der Waals surface area contributed by atoms with Crippen LogP contribution in [-0.4, -0.2) is 117 Å². The SMILES string of the molecule is COc1cc(COC(=O)c2ccc3c(c2)C(=O)N(c2cccc(C(C)(C)c4ccc(C)c(CC(=O)c5ccc(Oc6ccc(C(=O)Cc7cc(C(C)(C)c8ccc(O)c(CC(=O)c9ccc(Oc%10ccc(C(=O)Cc%11cc(C(C)(C)c%12ccc(O)c(N%13C(=O)c%14ccc(C(=O)OCc%15cc(OC)c(OC)cc%15[N+](=O)[O-])cc%14C%13=O)c%12)ccc%11O)cc%10)cc9)c8)ccc7O)cc6)cc5)c4)c2)C3=O)c([N+](=O)[O-])cc1OC. The summed E-state index contributed by atoms with van der Waals surface area (Å²) in [5, 5.41) is 68.5. The molecular weight excluding hydrogens is 1840 g/mol. The Morgan fingerprint density at radius 1 is 0.312 bits per heavy atom. The average molecular weight is 1940 g/mol. The number of imide groups is 2. The number of amides is 4. The van der Waals surface area contributed by atoms with Gasteiger partial charge in [-0.3, -0.25) is 58.6 Å². The van der Waals surface area contributed by atoms with E-state index in [4.69, 9.17) is 37.9 Å². The average Bonchev–Trinajstić information content (AvgIpc) is 0.890. The largest absolute Gasteiger partial charge is 0.508 e. The van der Waals surface area contributed by atoms with Crippen LogP contribution in [0.1, 0.15) is 217 Å². The van der Waals surface area contributed by atoms with E-state index in [0.29, 0.717) is 73.1 Å². The van der Waals surface area contributed by atoms with E-state index in [2.05, 4.69) is 0 Å². The normalized spacial score (nSPS) is 12.3. The van der Waals surface area contributed by atoms with Gasteiger partial charge in [0.25, 0.3) is 35.0 Å². The Balaban J connectivity index is 0.494. The molecule has 0 fully saturated rings. The first-order chi connectivity index (χ1) is 68.7. The Morgan fingerprint density at radius 3 is 0.972 bits per heavy atom. The number of aryl methyl sites for hydroxylation is 1. The lowest BCUT2D eigenvalue weighted by Crippen LogP contribution is -2.30. The molecule has 0 spiro atoms. The number of esters is 2. The van der Waals surface area contributed by atoms with Crippen molar-refractivity contribution in [1.29, 1.82) is 0 Å². The number of phenols is 4. The fourth-order valence-electron chi connectivity index (χ4n) is 17.5. The molecule has 0 saturated heterocycles. The summed E-state index contributed by atoms with van der Waals surface area (Å²) in [5.41, 5.74) is 4.91. The summed E-state index contributed by atoms with van der Waals surface area (Å²) in [6.07, 6.45) is -0.479. The number of aromatic hydroxyl groups is 4. The number of phenolic OH excluding ortho intramolecular Hbond substituents is 4. The van der Waals surface area contributed by atoms with Gasteiger partial charge in [0.2, 0.25) is 0 Å². The third-order valence-electron chi connectivity index (χ3n) is 26.3. The van der Waals surface area contributed by atoms with E-state index in [9.17, 15) is 88.6 Å². The van der Waals surface area contributed by atoms with Gasteiger partial charge in [-0.1, -0.05) is 114 Å². The fourth-order valence-corrected chi connectivity index (χ4v) is 17.5. The van der Waals surface area contributed by atoms with Crippen LogP contribution in [-0.2, 0) is 64.6 Å². The first-order valence-electron chi connectivity index (χ1n) is 45.3. The summed E-state index contributed by atoms with van der Waals surface area (Å²) in [7, 11) is 5.33. The van der Waals surface area contributed by atoms with E-state index >= 15 is 0 Å². The molecule has 0 unspecified atom stereocenters. The van der Waals surface area contributed by atoms with Crippen molar-refractivity contribution in [2.24, 2.45) is 0 Å². The standard InChI is InChI=1S/C114H94N4O26/c1-63-15-26-77(112(2,3)76-13-12-14-82(57-76)115-106(127)87-39-24-68(49-89(87)108(115)129)110(131)141-61-74-55-102(137-8)104(139-10)59-91(74)117(133)134)45-70(63)51-98(123)64-16-31-83(32-17-64)143-84-33-18-65(19-34-84)99(124)52-71-46-78(27-41-94(71)119)113(4,5)79-28-42-95(120)72(47-79)53-100(125)66-20-35-85(36-21-66)144-86-37-22-67(23-38-86)101(126)54-73-48-80(29-43-96(73)121)114(6,7)81-30-44-97(122)93(58-81)116-107(128)88-40-25-69(50-90(88)109(116)130)111(132)142-62-75-56-103(138-9)105(140-11)60-92(75)118(135)136/h12-50,55-60,119-122H,51-54,61-62H2,1-11H3. The minimum atomic E-state index is -0.956. The van der Waals surface area contributed by atoms with Gasteiger partial charge in [-0.05, 0) is 239 Å². The fraction of sp³-hybridized carbons (Fsp3) is 0.175. The molecule has 14 aromatic rings.